The summed E-state index contributed by atoms with van der Waals surface area (Å²) >= 11 is 1.49. The molecule has 0 saturated heterocycles. The molecular formula is C35H41FN6O6S. The van der Waals surface area contributed by atoms with E-state index >= 15 is 0 Å². The smallest absolute Gasteiger partial charge is 0.326 e. The number of carbonyl (C=O) groups excluding carboxylic acids is 1. The van der Waals surface area contributed by atoms with E-state index in [9.17, 15) is 19.1 Å². The van der Waals surface area contributed by atoms with Crippen LogP contribution in [0.5, 0.6) is 17.2 Å². The summed E-state index contributed by atoms with van der Waals surface area (Å²) in [5.74, 6) is 0.246. The molecule has 0 saturated carbocycles. The molecule has 1 amide bonds. The standard InChI is InChI=1S/C35H41FN6O6S/c1-35(2,23-9-16-28(46-3)29(20-23)47-4)30-21-40-34(42(30)25-12-10-24(36)11-13-25)49-19-18-48-26-14-7-22(8-15-26)31(43)41-27(32(44)45)6-5-17-39-33(37)38/h7-16,20-21,27H,5-6,17-19H2,1-4H3,(H,41,43)(H,44,45)(H4,37,38,39)/t27-/m0/s1. The first-order valence-electron chi connectivity index (χ1n) is 15.5. The van der Waals surface area contributed by atoms with E-state index < -0.39 is 23.3 Å². The summed E-state index contributed by atoms with van der Waals surface area (Å²) < 4.78 is 32.8. The number of benzene rings is 3. The Bertz CT molecular complexity index is 1760. The van der Waals surface area contributed by atoms with Crippen molar-refractivity contribution in [1.82, 2.24) is 14.9 Å². The lowest BCUT2D eigenvalue weighted by Crippen LogP contribution is -2.40. The van der Waals surface area contributed by atoms with Crippen molar-refractivity contribution in [2.45, 2.75) is 43.3 Å². The summed E-state index contributed by atoms with van der Waals surface area (Å²) in [6, 6.07) is 17.4. The number of hydrogen-bond donors (Lipinski definition) is 4. The second-order valence-corrected chi connectivity index (χ2v) is 12.5. The average Bonchev–Trinajstić information content (AvgIpc) is 3.52. The highest BCUT2D eigenvalue weighted by atomic mass is 32.2. The number of nitrogens with one attached hydrogen (secondary N) is 1. The third kappa shape index (κ3) is 9.44. The minimum Gasteiger partial charge on any atom is -0.493 e. The van der Waals surface area contributed by atoms with Crippen LogP contribution in [0.15, 0.2) is 83.1 Å². The van der Waals surface area contributed by atoms with Crippen LogP contribution < -0.4 is 31.0 Å². The maximum absolute atomic E-state index is 13.9. The third-order valence-corrected chi connectivity index (χ3v) is 8.73. The second-order valence-electron chi connectivity index (χ2n) is 11.5. The number of guanidine groups is 1. The van der Waals surface area contributed by atoms with Gasteiger partial charge in [0, 0.05) is 29.0 Å². The van der Waals surface area contributed by atoms with Crippen LogP contribution >= 0.6 is 11.8 Å². The van der Waals surface area contributed by atoms with Crippen LogP contribution in [0.25, 0.3) is 5.69 Å². The van der Waals surface area contributed by atoms with Gasteiger partial charge in [-0.2, -0.15) is 0 Å². The molecule has 0 fully saturated rings. The molecule has 49 heavy (non-hydrogen) atoms. The number of imidazole rings is 1. The molecule has 4 rings (SSSR count). The first-order chi connectivity index (χ1) is 23.4. The normalized spacial score (nSPS) is 11.8. The summed E-state index contributed by atoms with van der Waals surface area (Å²) in [5.41, 5.74) is 13.0. The number of ether oxygens (including phenoxy) is 3. The number of aliphatic carboxylic acids is 1. The van der Waals surface area contributed by atoms with Gasteiger partial charge in [0.05, 0.1) is 32.7 Å². The Kier molecular flexibility index (Phi) is 12.5. The fourth-order valence-electron chi connectivity index (χ4n) is 5.09. The van der Waals surface area contributed by atoms with Gasteiger partial charge in [-0.15, -0.1) is 0 Å². The number of aromatic nitrogens is 2. The van der Waals surface area contributed by atoms with Crippen molar-refractivity contribution in [3.63, 3.8) is 0 Å². The number of nitrogens with two attached hydrogens (primary N) is 2. The Labute approximate surface area is 288 Å². The fraction of sp³-hybridized carbons (Fsp3) is 0.314. The van der Waals surface area contributed by atoms with E-state index in [-0.39, 0.29) is 24.7 Å². The van der Waals surface area contributed by atoms with Crippen LogP contribution in [-0.2, 0) is 10.2 Å². The van der Waals surface area contributed by atoms with Crippen molar-refractivity contribution in [3.8, 4) is 22.9 Å². The molecule has 4 aromatic rings. The molecule has 260 valence electrons. The van der Waals surface area contributed by atoms with E-state index in [4.69, 9.17) is 30.7 Å². The topological polar surface area (TPSA) is 176 Å². The molecule has 0 unspecified atom stereocenters. The summed E-state index contributed by atoms with van der Waals surface area (Å²) in [4.78, 5) is 32.9. The van der Waals surface area contributed by atoms with Gasteiger partial charge in [0.2, 0.25) is 0 Å². The third-order valence-electron chi connectivity index (χ3n) is 7.81. The molecule has 6 N–H and O–H groups in total. The van der Waals surface area contributed by atoms with E-state index in [0.29, 0.717) is 46.7 Å². The van der Waals surface area contributed by atoms with Crippen molar-refractivity contribution in [1.29, 1.82) is 0 Å². The van der Waals surface area contributed by atoms with Crippen molar-refractivity contribution in [2.75, 3.05) is 33.1 Å². The first kappa shape index (κ1) is 36.6. The largest absolute Gasteiger partial charge is 0.493 e. The van der Waals surface area contributed by atoms with Crippen molar-refractivity contribution in [2.24, 2.45) is 16.5 Å². The quantitative estimate of drug-likeness (QED) is 0.0522. The van der Waals surface area contributed by atoms with E-state index in [1.807, 2.05) is 29.0 Å². The molecule has 3 aromatic carbocycles. The molecule has 14 heteroatoms. The Balaban J connectivity index is 1.42. The highest BCUT2D eigenvalue weighted by Crippen LogP contribution is 2.39. The number of hydrogen-bond acceptors (Lipinski definition) is 8. The van der Waals surface area contributed by atoms with Gasteiger partial charge < -0.3 is 36.1 Å². The monoisotopic (exact) mass is 692 g/mol. The van der Waals surface area contributed by atoms with Gasteiger partial charge >= 0.3 is 5.97 Å². The van der Waals surface area contributed by atoms with Gasteiger partial charge in [-0.3, -0.25) is 14.4 Å². The van der Waals surface area contributed by atoms with Gasteiger partial charge in [-0.1, -0.05) is 31.7 Å². The minimum absolute atomic E-state index is 0.0753. The van der Waals surface area contributed by atoms with Crippen molar-refractivity contribution < 1.29 is 33.3 Å². The number of rotatable bonds is 17. The number of amides is 1. The molecule has 0 bridgehead atoms. The van der Waals surface area contributed by atoms with Crippen molar-refractivity contribution >= 4 is 29.6 Å². The lowest BCUT2D eigenvalue weighted by atomic mass is 9.81. The zero-order valence-corrected chi connectivity index (χ0v) is 28.6. The van der Waals surface area contributed by atoms with E-state index in [0.717, 1.165) is 16.9 Å². The summed E-state index contributed by atoms with van der Waals surface area (Å²) in [6.45, 7) is 4.77. The number of thioether (sulfide) groups is 1. The number of carboxylic acid groups (broad SMARTS) is 1. The Hall–Kier alpha value is -5.24. The van der Waals surface area contributed by atoms with Gasteiger partial charge in [-0.25, -0.2) is 14.2 Å². The van der Waals surface area contributed by atoms with E-state index in [2.05, 4.69) is 24.2 Å². The maximum Gasteiger partial charge on any atom is 0.326 e. The molecule has 0 aliphatic heterocycles. The number of carbonyl (C=O) groups is 2. The molecule has 12 nitrogen and oxygen atoms in total. The van der Waals surface area contributed by atoms with Crippen LogP contribution in [-0.4, -0.2) is 71.7 Å². The number of halogens is 1. The molecule has 0 aliphatic rings. The van der Waals surface area contributed by atoms with Gasteiger partial charge in [0.1, 0.15) is 17.6 Å². The number of methoxy groups -OCH3 is 2. The summed E-state index contributed by atoms with van der Waals surface area (Å²) in [5, 5.41) is 12.7. The number of carboxylic acids is 1. The predicted octanol–water partition coefficient (Wildman–Crippen LogP) is 4.76. The second kappa shape index (κ2) is 16.7. The molecule has 0 aliphatic carbocycles. The summed E-state index contributed by atoms with van der Waals surface area (Å²) in [7, 11) is 3.19. The Morgan fingerprint density at radius 2 is 1.73 bits per heavy atom. The van der Waals surface area contributed by atoms with E-state index in [1.54, 1.807) is 50.6 Å². The highest BCUT2D eigenvalue weighted by Gasteiger charge is 2.30. The van der Waals surface area contributed by atoms with Crippen LogP contribution in [0.1, 0.15) is 48.3 Å². The molecule has 1 atom stereocenters. The van der Waals surface area contributed by atoms with Crippen LogP contribution in [0.2, 0.25) is 0 Å². The minimum atomic E-state index is -1.15. The average molecular weight is 693 g/mol. The maximum atomic E-state index is 13.9. The zero-order chi connectivity index (χ0) is 35.6. The Morgan fingerprint density at radius 1 is 1.04 bits per heavy atom. The molecule has 1 aromatic heterocycles. The Morgan fingerprint density at radius 3 is 2.37 bits per heavy atom. The van der Waals surface area contributed by atoms with Crippen LogP contribution in [0.3, 0.4) is 0 Å². The molecule has 0 radical (unpaired) electrons. The van der Waals surface area contributed by atoms with Gasteiger partial charge in [0.15, 0.2) is 22.6 Å². The van der Waals surface area contributed by atoms with E-state index in [1.165, 1.54) is 23.9 Å². The van der Waals surface area contributed by atoms with Gasteiger partial charge in [-0.05, 0) is 79.1 Å². The highest BCUT2D eigenvalue weighted by molar-refractivity contribution is 7.99. The fourth-order valence-corrected chi connectivity index (χ4v) is 5.90. The molecule has 1 heterocycles. The first-order valence-corrected chi connectivity index (χ1v) is 16.4. The predicted molar refractivity (Wildman–Crippen MR) is 187 cm³/mol. The zero-order valence-electron chi connectivity index (χ0n) is 27.8. The number of nitrogens with zero attached hydrogens (tertiary/aromatic N) is 3. The van der Waals surface area contributed by atoms with Gasteiger partial charge in [0.25, 0.3) is 5.91 Å². The van der Waals surface area contributed by atoms with Crippen molar-refractivity contribution in [3.05, 3.63) is 95.6 Å². The number of aliphatic imine (C=N–C) groups is 1. The molecular weight excluding hydrogens is 651 g/mol. The SMILES string of the molecule is COc1ccc(C(C)(C)c2cnc(SCCOc3ccc(C(=O)N[C@@H](CCCN=C(N)N)C(=O)O)cc3)n2-c2ccc(F)cc2)cc1OC. The lowest BCUT2D eigenvalue weighted by Gasteiger charge is -2.28. The lowest BCUT2D eigenvalue weighted by molar-refractivity contribution is -0.139. The van der Waals surface area contributed by atoms with Crippen LogP contribution in [0.4, 0.5) is 4.39 Å². The molecule has 0 spiro atoms. The summed E-state index contributed by atoms with van der Waals surface area (Å²) in [6.07, 6.45) is 2.39. The van der Waals surface area contributed by atoms with Crippen LogP contribution in [0, 0.1) is 5.82 Å².